The fraction of sp³-hybridized carbons (Fsp3) is 0.364. The van der Waals surface area contributed by atoms with Crippen LogP contribution in [0.4, 0.5) is 14.9 Å². The lowest BCUT2D eigenvalue weighted by molar-refractivity contribution is 0.0540. The van der Waals surface area contributed by atoms with Crippen LogP contribution >= 0.6 is 0 Å². The summed E-state index contributed by atoms with van der Waals surface area (Å²) in [4.78, 5) is 26.5. The first-order valence-electron chi connectivity index (χ1n) is 9.43. The maximum Gasteiger partial charge on any atom is 0.407 e. The van der Waals surface area contributed by atoms with E-state index in [2.05, 4.69) is 0 Å². The zero-order valence-corrected chi connectivity index (χ0v) is 16.8. The molecule has 3 atom stereocenters. The molecular weight excluding hydrogens is 375 g/mol. The number of para-hydroxylation sites is 1. The van der Waals surface area contributed by atoms with Gasteiger partial charge in [0.2, 0.25) is 0 Å². The van der Waals surface area contributed by atoms with Crippen LogP contribution in [-0.2, 0) is 0 Å². The fourth-order valence-electron chi connectivity index (χ4n) is 4.26. The largest absolute Gasteiger partial charge is 0.465 e. The number of amides is 1. The fourth-order valence-corrected chi connectivity index (χ4v) is 4.26. The molecule has 1 heterocycles. The molecule has 1 unspecified atom stereocenters. The highest BCUT2D eigenvalue weighted by Crippen LogP contribution is 2.41. The molecule has 2 N–H and O–H groups in total. The number of anilines is 1. The average Bonchev–Trinajstić information content (AvgIpc) is 2.87. The van der Waals surface area contributed by atoms with Crippen molar-refractivity contribution in [2.75, 3.05) is 5.06 Å². The summed E-state index contributed by atoms with van der Waals surface area (Å²) >= 11 is 0. The van der Waals surface area contributed by atoms with Gasteiger partial charge in [-0.3, -0.25) is 10.0 Å². The molecule has 1 aliphatic heterocycles. The standard InChI is InChI=1S/C22H25FN2O4/c1-13(24(21(27)28)22(2,3)4)18(14-9-11-15(23)12-10-14)19-20(26)16-7-5-6-8-17(16)25(19)29/h5-13,18-19,29H,1-4H3,(H,27,28)/t13-,18+,19?/m0/s1. The van der Waals surface area contributed by atoms with E-state index in [1.807, 2.05) is 0 Å². The minimum atomic E-state index is -1.13. The van der Waals surface area contributed by atoms with Gasteiger partial charge in [-0.2, -0.15) is 0 Å². The number of rotatable bonds is 4. The Morgan fingerprint density at radius 2 is 1.72 bits per heavy atom. The Morgan fingerprint density at radius 3 is 2.24 bits per heavy atom. The molecule has 6 nitrogen and oxygen atoms in total. The van der Waals surface area contributed by atoms with Crippen LogP contribution in [0.2, 0.25) is 0 Å². The number of benzene rings is 2. The van der Waals surface area contributed by atoms with Gasteiger partial charge in [-0.05, 0) is 57.5 Å². The van der Waals surface area contributed by atoms with E-state index in [4.69, 9.17) is 0 Å². The van der Waals surface area contributed by atoms with Gasteiger partial charge in [0, 0.05) is 23.1 Å². The van der Waals surface area contributed by atoms with Gasteiger partial charge < -0.3 is 10.0 Å². The second kappa shape index (κ2) is 7.48. The number of carboxylic acid groups (broad SMARTS) is 1. The van der Waals surface area contributed by atoms with E-state index < -0.39 is 35.5 Å². The van der Waals surface area contributed by atoms with Crippen LogP contribution in [0.15, 0.2) is 48.5 Å². The number of hydroxylamine groups is 1. The van der Waals surface area contributed by atoms with E-state index in [-0.39, 0.29) is 5.78 Å². The van der Waals surface area contributed by atoms with Gasteiger partial charge in [0.25, 0.3) is 0 Å². The molecule has 3 rings (SSSR count). The molecular formula is C22H25FN2O4. The first kappa shape index (κ1) is 20.8. The van der Waals surface area contributed by atoms with E-state index >= 15 is 0 Å². The minimum Gasteiger partial charge on any atom is -0.465 e. The van der Waals surface area contributed by atoms with Crippen molar-refractivity contribution >= 4 is 17.6 Å². The average molecular weight is 400 g/mol. The van der Waals surface area contributed by atoms with Crippen molar-refractivity contribution in [2.24, 2.45) is 0 Å². The number of halogens is 1. The van der Waals surface area contributed by atoms with E-state index in [9.17, 15) is 24.3 Å². The van der Waals surface area contributed by atoms with Crippen molar-refractivity contribution in [2.45, 2.75) is 51.2 Å². The molecule has 7 heteroatoms. The van der Waals surface area contributed by atoms with Crippen LogP contribution in [0.25, 0.3) is 0 Å². The molecule has 0 radical (unpaired) electrons. The number of ketones is 1. The summed E-state index contributed by atoms with van der Waals surface area (Å²) in [5, 5.41) is 21.6. The third kappa shape index (κ3) is 3.70. The van der Waals surface area contributed by atoms with Crippen LogP contribution < -0.4 is 5.06 Å². The Labute approximate surface area is 169 Å². The predicted molar refractivity (Wildman–Crippen MR) is 107 cm³/mol. The third-order valence-corrected chi connectivity index (χ3v) is 5.40. The van der Waals surface area contributed by atoms with E-state index in [0.717, 1.165) is 5.06 Å². The van der Waals surface area contributed by atoms with E-state index in [1.54, 1.807) is 52.0 Å². The van der Waals surface area contributed by atoms with Crippen LogP contribution in [-0.4, -0.2) is 44.7 Å². The molecule has 0 bridgehead atoms. The van der Waals surface area contributed by atoms with Gasteiger partial charge in [0.1, 0.15) is 11.9 Å². The summed E-state index contributed by atoms with van der Waals surface area (Å²) in [6.45, 7) is 7.00. The number of hydrogen-bond donors (Lipinski definition) is 2. The quantitative estimate of drug-likeness (QED) is 0.788. The maximum atomic E-state index is 13.5. The first-order chi connectivity index (χ1) is 13.5. The minimum absolute atomic E-state index is 0.302. The molecule has 1 aliphatic rings. The molecule has 0 fully saturated rings. The molecule has 154 valence electrons. The van der Waals surface area contributed by atoms with Gasteiger partial charge in [-0.25, -0.2) is 14.2 Å². The second-order valence-electron chi connectivity index (χ2n) is 8.31. The molecule has 1 amide bonds. The lowest BCUT2D eigenvalue weighted by atomic mass is 9.81. The Morgan fingerprint density at radius 1 is 1.14 bits per heavy atom. The molecule has 0 aliphatic carbocycles. The number of fused-ring (bicyclic) bond motifs is 1. The maximum absolute atomic E-state index is 13.5. The summed E-state index contributed by atoms with van der Waals surface area (Å²) in [5.74, 6) is -1.47. The van der Waals surface area contributed by atoms with Crippen LogP contribution in [0.5, 0.6) is 0 Å². The number of nitrogens with zero attached hydrogens (tertiary/aromatic N) is 2. The number of carbonyl (C=O) groups is 2. The highest BCUT2D eigenvalue weighted by Gasteiger charge is 2.47. The number of Topliss-reactive ketones (excluding diaryl/α,β-unsaturated/α-hetero) is 1. The van der Waals surface area contributed by atoms with Gasteiger partial charge >= 0.3 is 6.09 Å². The van der Waals surface area contributed by atoms with E-state index in [1.165, 1.54) is 29.2 Å². The summed E-state index contributed by atoms with van der Waals surface area (Å²) in [7, 11) is 0. The number of carbonyl (C=O) groups excluding carboxylic acids is 1. The van der Waals surface area contributed by atoms with Crippen LogP contribution in [0.3, 0.4) is 0 Å². The normalized spacial score (nSPS) is 18.3. The zero-order valence-electron chi connectivity index (χ0n) is 16.8. The Kier molecular flexibility index (Phi) is 5.36. The monoisotopic (exact) mass is 400 g/mol. The third-order valence-electron chi connectivity index (χ3n) is 5.40. The van der Waals surface area contributed by atoms with Gasteiger partial charge in [-0.15, -0.1) is 0 Å². The summed E-state index contributed by atoms with van der Waals surface area (Å²) in [5.41, 5.74) is 0.564. The van der Waals surface area contributed by atoms with Crippen molar-refractivity contribution < 1.29 is 24.3 Å². The zero-order chi connectivity index (χ0) is 21.5. The topological polar surface area (TPSA) is 81.1 Å². The van der Waals surface area contributed by atoms with Crippen molar-refractivity contribution in [1.29, 1.82) is 0 Å². The SMILES string of the molecule is C[C@@H]([C@H](c1ccc(F)cc1)C1C(=O)c2ccccc2N1O)N(C(=O)O)C(C)(C)C. The van der Waals surface area contributed by atoms with Crippen LogP contribution in [0.1, 0.15) is 49.5 Å². The molecule has 2 aromatic rings. The second-order valence-corrected chi connectivity index (χ2v) is 8.31. The van der Waals surface area contributed by atoms with E-state index in [0.29, 0.717) is 16.8 Å². The van der Waals surface area contributed by atoms with Gasteiger partial charge in [0.05, 0.1) is 5.69 Å². The van der Waals surface area contributed by atoms with Crippen molar-refractivity contribution in [1.82, 2.24) is 4.90 Å². The Bertz CT molecular complexity index is 923. The van der Waals surface area contributed by atoms with Crippen LogP contribution in [0, 0.1) is 5.82 Å². The highest BCUT2D eigenvalue weighted by molar-refractivity contribution is 6.11. The van der Waals surface area contributed by atoms with Crippen molar-refractivity contribution in [3.05, 3.63) is 65.5 Å². The Balaban J connectivity index is 2.13. The summed E-state index contributed by atoms with van der Waals surface area (Å²) < 4.78 is 13.5. The van der Waals surface area contributed by atoms with Gasteiger partial charge in [-0.1, -0.05) is 24.3 Å². The molecule has 2 aromatic carbocycles. The molecule has 0 saturated carbocycles. The molecule has 29 heavy (non-hydrogen) atoms. The first-order valence-corrected chi connectivity index (χ1v) is 9.43. The smallest absolute Gasteiger partial charge is 0.407 e. The molecule has 0 saturated heterocycles. The predicted octanol–water partition coefficient (Wildman–Crippen LogP) is 4.54. The van der Waals surface area contributed by atoms with Crippen molar-refractivity contribution in [3.63, 3.8) is 0 Å². The lowest BCUT2D eigenvalue weighted by Gasteiger charge is -2.43. The van der Waals surface area contributed by atoms with Crippen molar-refractivity contribution in [3.8, 4) is 0 Å². The van der Waals surface area contributed by atoms with Gasteiger partial charge in [0.15, 0.2) is 5.78 Å². The lowest BCUT2D eigenvalue weighted by Crippen LogP contribution is -2.56. The summed E-state index contributed by atoms with van der Waals surface area (Å²) in [6, 6.07) is 10.6. The molecule has 0 aromatic heterocycles. The summed E-state index contributed by atoms with van der Waals surface area (Å²) in [6.07, 6.45) is -1.13. The number of hydrogen-bond acceptors (Lipinski definition) is 4. The highest BCUT2D eigenvalue weighted by atomic mass is 19.1. The Hall–Kier alpha value is -2.93. The molecule has 0 spiro atoms.